The molecule has 1 atom stereocenters. The summed E-state index contributed by atoms with van der Waals surface area (Å²) < 4.78 is 10.2. The first-order chi connectivity index (χ1) is 17.2. The number of rotatable bonds is 9. The molecule has 1 N–H and O–H groups in total. The van der Waals surface area contributed by atoms with E-state index in [-0.39, 0.29) is 16.6 Å². The van der Waals surface area contributed by atoms with Crippen LogP contribution in [0.15, 0.2) is 53.4 Å². The highest BCUT2D eigenvalue weighted by atomic mass is 32.2. The highest BCUT2D eigenvalue weighted by Gasteiger charge is 2.36. The molecule has 0 saturated carbocycles. The van der Waals surface area contributed by atoms with Gasteiger partial charge in [-0.1, -0.05) is 36.8 Å². The van der Waals surface area contributed by atoms with Crippen molar-refractivity contribution < 1.29 is 33.4 Å². The van der Waals surface area contributed by atoms with Crippen molar-refractivity contribution in [3.05, 3.63) is 70.1 Å². The van der Waals surface area contributed by atoms with Crippen molar-refractivity contribution in [2.75, 3.05) is 18.5 Å². The molecular weight excluding hydrogens is 484 g/mol. The van der Waals surface area contributed by atoms with E-state index in [4.69, 9.17) is 9.47 Å². The summed E-state index contributed by atoms with van der Waals surface area (Å²) in [5, 5.41) is 2.08. The van der Waals surface area contributed by atoms with Crippen molar-refractivity contribution in [2.45, 2.75) is 33.3 Å². The van der Waals surface area contributed by atoms with Crippen molar-refractivity contribution in [3.8, 4) is 0 Å². The van der Waals surface area contributed by atoms with Crippen LogP contribution in [-0.4, -0.2) is 53.1 Å². The zero-order chi connectivity index (χ0) is 26.2. The largest absolute Gasteiger partial charge is 0.461 e. The number of ether oxygens (including phenoxy) is 2. The molecule has 10 heteroatoms. The molecule has 0 spiro atoms. The first kappa shape index (κ1) is 26.7. The Morgan fingerprint density at radius 3 is 2.36 bits per heavy atom. The topological polar surface area (TPSA) is 119 Å². The Labute approximate surface area is 212 Å². The van der Waals surface area contributed by atoms with Gasteiger partial charge in [0, 0.05) is 5.69 Å². The van der Waals surface area contributed by atoms with Crippen LogP contribution in [0, 0.1) is 6.92 Å². The molecule has 0 bridgehead atoms. The molecule has 1 fully saturated rings. The summed E-state index contributed by atoms with van der Waals surface area (Å²) in [4.78, 5) is 62.0. The number of hydrogen-bond donors (Lipinski definition) is 1. The summed E-state index contributed by atoms with van der Waals surface area (Å²) in [5.74, 6) is -2.38. The van der Waals surface area contributed by atoms with Crippen LogP contribution in [0.3, 0.4) is 0 Å². The molecular formula is C26H26N2O7S. The maximum absolute atomic E-state index is 12.6. The number of esters is 2. The minimum Gasteiger partial charge on any atom is -0.461 e. The van der Waals surface area contributed by atoms with Gasteiger partial charge >= 0.3 is 11.9 Å². The third kappa shape index (κ3) is 7.29. The van der Waals surface area contributed by atoms with Crippen LogP contribution in [0.2, 0.25) is 0 Å². The number of amides is 3. The third-order valence-electron chi connectivity index (χ3n) is 5.18. The number of imide groups is 1. The fraction of sp³-hybridized carbons (Fsp3) is 0.269. The van der Waals surface area contributed by atoms with Crippen molar-refractivity contribution >= 4 is 52.5 Å². The van der Waals surface area contributed by atoms with E-state index in [0.717, 1.165) is 22.2 Å². The van der Waals surface area contributed by atoms with Gasteiger partial charge in [0.25, 0.3) is 17.1 Å². The van der Waals surface area contributed by atoms with Gasteiger partial charge in [0.15, 0.2) is 6.61 Å². The van der Waals surface area contributed by atoms with Crippen molar-refractivity contribution in [1.29, 1.82) is 0 Å². The van der Waals surface area contributed by atoms with Crippen LogP contribution in [-0.2, 0) is 23.9 Å². The molecule has 3 amide bonds. The number of benzene rings is 2. The molecule has 36 heavy (non-hydrogen) atoms. The maximum atomic E-state index is 12.6. The number of carbonyl (C=O) groups is 5. The van der Waals surface area contributed by atoms with Crippen molar-refractivity contribution in [1.82, 2.24) is 4.90 Å². The second-order valence-electron chi connectivity index (χ2n) is 8.09. The quantitative estimate of drug-likeness (QED) is 0.394. The van der Waals surface area contributed by atoms with Gasteiger partial charge in [-0.3, -0.25) is 24.1 Å². The molecule has 188 valence electrons. The molecule has 1 heterocycles. The van der Waals surface area contributed by atoms with E-state index in [1.54, 1.807) is 31.2 Å². The molecule has 9 nitrogen and oxygen atoms in total. The average Bonchev–Trinajstić information content (AvgIpc) is 3.11. The molecule has 2 aromatic rings. The van der Waals surface area contributed by atoms with Gasteiger partial charge < -0.3 is 14.8 Å². The second kappa shape index (κ2) is 12.2. The molecule has 3 rings (SSSR count). The van der Waals surface area contributed by atoms with Gasteiger partial charge in [-0.25, -0.2) is 4.79 Å². The molecule has 1 aliphatic rings. The van der Waals surface area contributed by atoms with E-state index < -0.39 is 42.1 Å². The summed E-state index contributed by atoms with van der Waals surface area (Å²) in [5.41, 5.74) is 2.44. The molecule has 0 aromatic heterocycles. The van der Waals surface area contributed by atoms with Crippen LogP contribution in [0.25, 0.3) is 6.08 Å². The van der Waals surface area contributed by atoms with Crippen LogP contribution in [0.1, 0.15) is 41.8 Å². The van der Waals surface area contributed by atoms with Crippen LogP contribution in [0.5, 0.6) is 0 Å². The molecule has 1 aliphatic heterocycles. The Kier molecular flexibility index (Phi) is 9.02. The molecule has 2 aromatic carbocycles. The number of carbonyl (C=O) groups excluding carboxylic acids is 5. The lowest BCUT2D eigenvalue weighted by atomic mass is 10.1. The highest BCUT2D eigenvalue weighted by Crippen LogP contribution is 2.32. The minimum absolute atomic E-state index is 0.152. The smallest absolute Gasteiger partial charge is 0.338 e. The van der Waals surface area contributed by atoms with Gasteiger partial charge in [0.05, 0.1) is 16.6 Å². The number of nitrogens with zero attached hydrogens (tertiary/aromatic N) is 1. The zero-order valence-electron chi connectivity index (χ0n) is 20.1. The lowest BCUT2D eigenvalue weighted by molar-refractivity contribution is -0.150. The lowest BCUT2D eigenvalue weighted by Gasteiger charge is -2.14. The SMILES string of the molecule is CC[C@H](C)OC(=O)CN1C(=O)S/C(=C\c2ccc(C(=O)OCC(=O)Nc3ccc(C)cc3)cc2)C1=O. The zero-order valence-corrected chi connectivity index (χ0v) is 20.9. The Bertz CT molecular complexity index is 1190. The van der Waals surface area contributed by atoms with Gasteiger partial charge in [0.1, 0.15) is 6.54 Å². The van der Waals surface area contributed by atoms with Gasteiger partial charge in [-0.15, -0.1) is 0 Å². The summed E-state index contributed by atoms with van der Waals surface area (Å²) in [6.07, 6.45) is 1.81. The predicted octanol–water partition coefficient (Wildman–Crippen LogP) is 4.17. The Morgan fingerprint density at radius 2 is 1.72 bits per heavy atom. The number of nitrogens with one attached hydrogen (secondary N) is 1. The first-order valence-corrected chi connectivity index (χ1v) is 12.1. The van der Waals surface area contributed by atoms with E-state index in [2.05, 4.69) is 5.32 Å². The Morgan fingerprint density at radius 1 is 1.06 bits per heavy atom. The standard InChI is InChI=1S/C26H26N2O7S/c1-4-17(3)35-23(30)14-28-24(31)21(36-26(28)33)13-18-7-9-19(10-8-18)25(32)34-15-22(29)27-20-11-5-16(2)6-12-20/h5-13,17H,4,14-15H2,1-3H3,(H,27,29)/b21-13-/t17-/m0/s1. The second-order valence-corrected chi connectivity index (χ2v) is 9.08. The van der Waals surface area contributed by atoms with Gasteiger partial charge in [-0.2, -0.15) is 0 Å². The minimum atomic E-state index is -0.680. The summed E-state index contributed by atoms with van der Waals surface area (Å²) in [7, 11) is 0. The number of aryl methyl sites for hydroxylation is 1. The van der Waals surface area contributed by atoms with E-state index >= 15 is 0 Å². The molecule has 0 radical (unpaired) electrons. The summed E-state index contributed by atoms with van der Waals surface area (Å²) in [6, 6.07) is 13.3. The lowest BCUT2D eigenvalue weighted by Crippen LogP contribution is -2.35. The Hall–Kier alpha value is -3.92. The number of anilines is 1. The average molecular weight is 511 g/mol. The van der Waals surface area contributed by atoms with Gasteiger partial charge in [0.2, 0.25) is 0 Å². The summed E-state index contributed by atoms with van der Waals surface area (Å²) in [6.45, 7) is 4.62. The van der Waals surface area contributed by atoms with Crippen molar-refractivity contribution in [2.24, 2.45) is 0 Å². The van der Waals surface area contributed by atoms with E-state index in [1.165, 1.54) is 18.2 Å². The fourth-order valence-electron chi connectivity index (χ4n) is 3.03. The normalized spacial score (nSPS) is 15.1. The summed E-state index contributed by atoms with van der Waals surface area (Å²) >= 11 is 0.721. The number of hydrogen-bond acceptors (Lipinski definition) is 8. The molecule has 0 unspecified atom stereocenters. The molecule has 0 aliphatic carbocycles. The maximum Gasteiger partial charge on any atom is 0.338 e. The monoisotopic (exact) mass is 510 g/mol. The Balaban J connectivity index is 1.54. The third-order valence-corrected chi connectivity index (χ3v) is 6.09. The molecule has 1 saturated heterocycles. The van der Waals surface area contributed by atoms with E-state index in [0.29, 0.717) is 17.7 Å². The van der Waals surface area contributed by atoms with Gasteiger partial charge in [-0.05, 0) is 67.9 Å². The van der Waals surface area contributed by atoms with Crippen LogP contribution < -0.4 is 5.32 Å². The van der Waals surface area contributed by atoms with Crippen molar-refractivity contribution in [3.63, 3.8) is 0 Å². The van der Waals surface area contributed by atoms with Crippen LogP contribution >= 0.6 is 11.8 Å². The number of thioether (sulfide) groups is 1. The highest BCUT2D eigenvalue weighted by molar-refractivity contribution is 8.18. The first-order valence-electron chi connectivity index (χ1n) is 11.2. The predicted molar refractivity (Wildman–Crippen MR) is 135 cm³/mol. The van der Waals surface area contributed by atoms with Crippen LogP contribution in [0.4, 0.5) is 10.5 Å². The fourth-order valence-corrected chi connectivity index (χ4v) is 3.86. The van der Waals surface area contributed by atoms with E-state index in [1.807, 2.05) is 26.0 Å². The van der Waals surface area contributed by atoms with E-state index in [9.17, 15) is 24.0 Å².